The third-order valence-corrected chi connectivity index (χ3v) is 4.13. The van der Waals surface area contributed by atoms with E-state index in [1.807, 2.05) is 49.0 Å². The standard InChI is InChI=1S/C20H22N4O3/c1-4-27-17-10-7-15(13-22-17)20(25)23-18(19-21-11-12-24(19)2)14-5-8-16(26-3)9-6-14/h5-13,18H,4H2,1-3H3,(H,23,25). The molecule has 2 aromatic heterocycles. The van der Waals surface area contributed by atoms with Crippen molar-refractivity contribution in [1.29, 1.82) is 0 Å². The van der Waals surface area contributed by atoms with Gasteiger partial charge in [0.2, 0.25) is 5.88 Å². The molecule has 1 amide bonds. The molecule has 140 valence electrons. The molecule has 0 aliphatic rings. The van der Waals surface area contributed by atoms with Gasteiger partial charge in [0, 0.05) is 31.7 Å². The van der Waals surface area contributed by atoms with Gasteiger partial charge in [-0.3, -0.25) is 4.79 Å². The topological polar surface area (TPSA) is 78.3 Å². The molecule has 27 heavy (non-hydrogen) atoms. The van der Waals surface area contributed by atoms with Crippen LogP contribution in [-0.4, -0.2) is 34.2 Å². The van der Waals surface area contributed by atoms with E-state index in [0.717, 1.165) is 17.1 Å². The Morgan fingerprint density at radius 2 is 1.96 bits per heavy atom. The highest BCUT2D eigenvalue weighted by Crippen LogP contribution is 2.23. The van der Waals surface area contributed by atoms with Crippen LogP contribution in [0.5, 0.6) is 11.6 Å². The van der Waals surface area contributed by atoms with Crippen molar-refractivity contribution in [2.45, 2.75) is 13.0 Å². The van der Waals surface area contributed by atoms with Crippen LogP contribution in [0.4, 0.5) is 0 Å². The van der Waals surface area contributed by atoms with E-state index < -0.39 is 6.04 Å². The van der Waals surface area contributed by atoms with Gasteiger partial charge in [0.1, 0.15) is 17.6 Å². The molecule has 1 N–H and O–H groups in total. The van der Waals surface area contributed by atoms with E-state index in [1.165, 1.54) is 6.20 Å². The molecule has 0 bridgehead atoms. The molecule has 0 radical (unpaired) electrons. The first kappa shape index (κ1) is 18.4. The third-order valence-electron chi connectivity index (χ3n) is 4.13. The van der Waals surface area contributed by atoms with Crippen LogP contribution in [-0.2, 0) is 7.05 Å². The molecule has 0 spiro atoms. The van der Waals surface area contributed by atoms with Crippen LogP contribution in [0, 0.1) is 0 Å². The van der Waals surface area contributed by atoms with E-state index in [0.29, 0.717) is 18.1 Å². The lowest BCUT2D eigenvalue weighted by atomic mass is 10.1. The Kier molecular flexibility index (Phi) is 5.71. The van der Waals surface area contributed by atoms with Crippen molar-refractivity contribution in [3.8, 4) is 11.6 Å². The highest BCUT2D eigenvalue weighted by Gasteiger charge is 2.21. The SMILES string of the molecule is CCOc1ccc(C(=O)NC(c2ccc(OC)cc2)c2nccn2C)cn1. The van der Waals surface area contributed by atoms with Gasteiger partial charge in [0.25, 0.3) is 5.91 Å². The Balaban J connectivity index is 1.86. The summed E-state index contributed by atoms with van der Waals surface area (Å²) in [5, 5.41) is 3.04. The van der Waals surface area contributed by atoms with E-state index in [-0.39, 0.29) is 5.91 Å². The maximum Gasteiger partial charge on any atom is 0.253 e. The summed E-state index contributed by atoms with van der Waals surface area (Å²) < 4.78 is 12.4. The minimum absolute atomic E-state index is 0.241. The molecule has 0 aliphatic heterocycles. The lowest BCUT2D eigenvalue weighted by Crippen LogP contribution is -2.31. The summed E-state index contributed by atoms with van der Waals surface area (Å²) >= 11 is 0. The monoisotopic (exact) mass is 366 g/mol. The zero-order chi connectivity index (χ0) is 19.2. The van der Waals surface area contributed by atoms with Gasteiger partial charge in [-0.1, -0.05) is 12.1 Å². The fourth-order valence-electron chi connectivity index (χ4n) is 2.71. The van der Waals surface area contributed by atoms with Gasteiger partial charge < -0.3 is 19.4 Å². The van der Waals surface area contributed by atoms with Gasteiger partial charge in [-0.15, -0.1) is 0 Å². The van der Waals surface area contributed by atoms with Crippen molar-refractivity contribution in [3.63, 3.8) is 0 Å². The molecule has 7 heteroatoms. The normalized spacial score (nSPS) is 11.7. The summed E-state index contributed by atoms with van der Waals surface area (Å²) in [5.74, 6) is 1.73. The van der Waals surface area contributed by atoms with Crippen LogP contribution in [0.3, 0.4) is 0 Å². The molecule has 1 atom stereocenters. The number of carbonyl (C=O) groups is 1. The summed E-state index contributed by atoms with van der Waals surface area (Å²) in [7, 11) is 3.51. The number of carbonyl (C=O) groups excluding carboxylic acids is 1. The number of amides is 1. The zero-order valence-corrected chi connectivity index (χ0v) is 15.5. The number of rotatable bonds is 7. The molecule has 1 aromatic carbocycles. The lowest BCUT2D eigenvalue weighted by Gasteiger charge is -2.19. The number of imidazole rings is 1. The Bertz CT molecular complexity index is 888. The molecule has 0 saturated carbocycles. The predicted molar refractivity (Wildman–Crippen MR) is 101 cm³/mol. The van der Waals surface area contributed by atoms with Gasteiger partial charge >= 0.3 is 0 Å². The Morgan fingerprint density at radius 1 is 1.19 bits per heavy atom. The molecule has 0 saturated heterocycles. The number of hydrogen-bond donors (Lipinski definition) is 1. The van der Waals surface area contributed by atoms with Gasteiger partial charge in [0.05, 0.1) is 19.3 Å². The molecular formula is C20H22N4O3. The number of hydrogen-bond acceptors (Lipinski definition) is 5. The summed E-state index contributed by atoms with van der Waals surface area (Å²) in [6.45, 7) is 2.41. The second kappa shape index (κ2) is 8.35. The second-order valence-corrected chi connectivity index (χ2v) is 5.89. The fourth-order valence-corrected chi connectivity index (χ4v) is 2.71. The van der Waals surface area contributed by atoms with E-state index >= 15 is 0 Å². The number of benzene rings is 1. The number of ether oxygens (including phenoxy) is 2. The molecule has 3 rings (SSSR count). The first-order valence-corrected chi connectivity index (χ1v) is 8.63. The van der Waals surface area contributed by atoms with E-state index in [9.17, 15) is 4.79 Å². The van der Waals surface area contributed by atoms with Crippen LogP contribution < -0.4 is 14.8 Å². The van der Waals surface area contributed by atoms with Crippen LogP contribution in [0.1, 0.15) is 34.7 Å². The van der Waals surface area contributed by atoms with Gasteiger partial charge in [-0.05, 0) is 30.7 Å². The first-order chi connectivity index (χ1) is 13.1. The molecule has 0 aliphatic carbocycles. The Morgan fingerprint density at radius 3 is 2.52 bits per heavy atom. The lowest BCUT2D eigenvalue weighted by molar-refractivity contribution is 0.0940. The van der Waals surface area contributed by atoms with Crippen molar-refractivity contribution < 1.29 is 14.3 Å². The molecular weight excluding hydrogens is 344 g/mol. The Hall–Kier alpha value is -3.35. The van der Waals surface area contributed by atoms with Crippen molar-refractivity contribution in [2.24, 2.45) is 7.05 Å². The smallest absolute Gasteiger partial charge is 0.253 e. The number of methoxy groups -OCH3 is 1. The average molecular weight is 366 g/mol. The summed E-state index contributed by atoms with van der Waals surface area (Å²) in [5.41, 5.74) is 1.35. The van der Waals surface area contributed by atoms with E-state index in [1.54, 1.807) is 25.4 Å². The number of nitrogens with one attached hydrogen (secondary N) is 1. The highest BCUT2D eigenvalue weighted by molar-refractivity contribution is 5.94. The largest absolute Gasteiger partial charge is 0.497 e. The van der Waals surface area contributed by atoms with Crippen LogP contribution >= 0.6 is 0 Å². The molecule has 1 unspecified atom stereocenters. The maximum absolute atomic E-state index is 12.8. The number of aryl methyl sites for hydroxylation is 1. The molecule has 3 aromatic rings. The van der Waals surface area contributed by atoms with Crippen LogP contribution in [0.15, 0.2) is 55.0 Å². The van der Waals surface area contributed by atoms with E-state index in [2.05, 4.69) is 15.3 Å². The first-order valence-electron chi connectivity index (χ1n) is 8.63. The third kappa shape index (κ3) is 4.25. The average Bonchev–Trinajstić information content (AvgIpc) is 3.12. The van der Waals surface area contributed by atoms with Crippen LogP contribution in [0.2, 0.25) is 0 Å². The van der Waals surface area contributed by atoms with Crippen molar-refractivity contribution in [3.05, 3.63) is 71.9 Å². The van der Waals surface area contributed by atoms with Gasteiger partial charge in [0.15, 0.2) is 0 Å². The quantitative estimate of drug-likeness (QED) is 0.696. The molecule has 0 fully saturated rings. The van der Waals surface area contributed by atoms with Crippen molar-refractivity contribution in [2.75, 3.05) is 13.7 Å². The Labute approximate surface area is 158 Å². The maximum atomic E-state index is 12.8. The predicted octanol–water partition coefficient (Wildman–Crippen LogP) is 2.74. The molecule has 7 nitrogen and oxygen atoms in total. The second-order valence-electron chi connectivity index (χ2n) is 5.89. The van der Waals surface area contributed by atoms with Crippen molar-refractivity contribution >= 4 is 5.91 Å². The highest BCUT2D eigenvalue weighted by atomic mass is 16.5. The van der Waals surface area contributed by atoms with E-state index in [4.69, 9.17) is 9.47 Å². The van der Waals surface area contributed by atoms with Gasteiger partial charge in [-0.2, -0.15) is 0 Å². The van der Waals surface area contributed by atoms with Gasteiger partial charge in [-0.25, -0.2) is 9.97 Å². The minimum atomic E-state index is -0.407. The number of aromatic nitrogens is 3. The number of pyridine rings is 1. The number of nitrogens with zero attached hydrogens (tertiary/aromatic N) is 3. The van der Waals surface area contributed by atoms with Crippen molar-refractivity contribution in [1.82, 2.24) is 19.9 Å². The zero-order valence-electron chi connectivity index (χ0n) is 15.5. The van der Waals surface area contributed by atoms with Crippen LogP contribution in [0.25, 0.3) is 0 Å². The summed E-state index contributed by atoms with van der Waals surface area (Å²) in [6.07, 6.45) is 5.05. The summed E-state index contributed by atoms with van der Waals surface area (Å²) in [4.78, 5) is 21.3. The molecule has 2 heterocycles. The minimum Gasteiger partial charge on any atom is -0.497 e. The fraction of sp³-hybridized carbons (Fsp3) is 0.250. The summed E-state index contributed by atoms with van der Waals surface area (Å²) in [6, 6.07) is 10.5.